The molecule has 0 unspecified atom stereocenters. The molecule has 0 saturated heterocycles. The van der Waals surface area contributed by atoms with Gasteiger partial charge < -0.3 is 9.47 Å². The third-order valence-corrected chi connectivity index (χ3v) is 4.80. The number of carbonyl (C=O) groups excluding carboxylic acids is 1. The summed E-state index contributed by atoms with van der Waals surface area (Å²) < 4.78 is 12.9. The SMILES string of the molecule is Cc1cc(C)cc(OCC(=O)OCc2cn(-c3ccccc3)nc2-c2ccccc2)c1. The maximum absolute atomic E-state index is 12.3. The van der Waals surface area contributed by atoms with Gasteiger partial charge in [-0.25, -0.2) is 9.48 Å². The van der Waals surface area contributed by atoms with E-state index < -0.39 is 5.97 Å². The van der Waals surface area contributed by atoms with Gasteiger partial charge in [0.15, 0.2) is 6.61 Å². The summed E-state index contributed by atoms with van der Waals surface area (Å²) in [4.78, 5) is 12.3. The van der Waals surface area contributed by atoms with Gasteiger partial charge in [0.2, 0.25) is 0 Å². The molecule has 156 valence electrons. The van der Waals surface area contributed by atoms with Crippen LogP contribution in [0.3, 0.4) is 0 Å². The van der Waals surface area contributed by atoms with Gasteiger partial charge in [0.1, 0.15) is 12.4 Å². The first kappa shape index (κ1) is 20.4. The molecule has 0 atom stereocenters. The van der Waals surface area contributed by atoms with Gasteiger partial charge in [-0.15, -0.1) is 0 Å². The largest absolute Gasteiger partial charge is 0.482 e. The van der Waals surface area contributed by atoms with Crippen LogP contribution in [0.5, 0.6) is 5.75 Å². The molecule has 0 spiro atoms. The van der Waals surface area contributed by atoms with E-state index in [2.05, 4.69) is 6.07 Å². The lowest BCUT2D eigenvalue weighted by molar-refractivity contribution is -0.147. The fraction of sp³-hybridized carbons (Fsp3) is 0.154. The third-order valence-electron chi connectivity index (χ3n) is 4.80. The summed E-state index contributed by atoms with van der Waals surface area (Å²) in [6, 6.07) is 25.6. The van der Waals surface area contributed by atoms with E-state index in [1.54, 1.807) is 4.68 Å². The van der Waals surface area contributed by atoms with Crippen molar-refractivity contribution in [2.75, 3.05) is 6.61 Å². The number of hydrogen-bond acceptors (Lipinski definition) is 4. The summed E-state index contributed by atoms with van der Waals surface area (Å²) in [7, 11) is 0. The van der Waals surface area contributed by atoms with Gasteiger partial charge in [0.05, 0.1) is 11.4 Å². The van der Waals surface area contributed by atoms with Crippen molar-refractivity contribution in [3.8, 4) is 22.7 Å². The van der Waals surface area contributed by atoms with E-state index >= 15 is 0 Å². The van der Waals surface area contributed by atoms with Gasteiger partial charge in [0, 0.05) is 17.3 Å². The Balaban J connectivity index is 1.48. The Morgan fingerprint density at radius 2 is 1.55 bits per heavy atom. The van der Waals surface area contributed by atoms with E-state index in [1.165, 1.54) is 0 Å². The number of carbonyl (C=O) groups is 1. The zero-order valence-electron chi connectivity index (χ0n) is 17.6. The second-order valence-electron chi connectivity index (χ2n) is 7.42. The molecule has 0 fully saturated rings. The molecule has 0 aliphatic rings. The standard InChI is InChI=1S/C26H24N2O3/c1-19-13-20(2)15-24(14-19)30-18-25(29)31-17-22-16-28(23-11-7-4-8-12-23)27-26(22)21-9-5-3-6-10-21/h3-16H,17-18H2,1-2H3. The first-order valence-electron chi connectivity index (χ1n) is 10.1. The van der Waals surface area contributed by atoms with Crippen LogP contribution in [0.2, 0.25) is 0 Å². The molecule has 0 saturated carbocycles. The lowest BCUT2D eigenvalue weighted by Gasteiger charge is -2.09. The fourth-order valence-electron chi connectivity index (χ4n) is 3.43. The molecule has 1 aromatic heterocycles. The zero-order chi connectivity index (χ0) is 21.6. The van der Waals surface area contributed by atoms with Crippen LogP contribution in [-0.2, 0) is 16.1 Å². The molecule has 0 bridgehead atoms. The number of ether oxygens (including phenoxy) is 2. The highest BCUT2D eigenvalue weighted by molar-refractivity contribution is 5.71. The Morgan fingerprint density at radius 3 is 2.23 bits per heavy atom. The van der Waals surface area contributed by atoms with Crippen LogP contribution < -0.4 is 4.74 Å². The molecular weight excluding hydrogens is 388 g/mol. The number of para-hydroxylation sites is 1. The van der Waals surface area contributed by atoms with Crippen molar-refractivity contribution in [2.45, 2.75) is 20.5 Å². The first-order valence-corrected chi connectivity index (χ1v) is 10.1. The van der Waals surface area contributed by atoms with Crippen molar-refractivity contribution in [3.63, 3.8) is 0 Å². The minimum absolute atomic E-state index is 0.117. The van der Waals surface area contributed by atoms with Crippen LogP contribution in [0.15, 0.2) is 85.1 Å². The molecule has 1 heterocycles. The predicted octanol–water partition coefficient (Wildman–Crippen LogP) is 5.28. The lowest BCUT2D eigenvalue weighted by atomic mass is 10.1. The summed E-state index contributed by atoms with van der Waals surface area (Å²) in [5.41, 5.74) is 5.70. The van der Waals surface area contributed by atoms with Crippen LogP contribution >= 0.6 is 0 Å². The number of hydrogen-bond donors (Lipinski definition) is 0. The summed E-state index contributed by atoms with van der Waals surface area (Å²) in [6.45, 7) is 3.96. The summed E-state index contributed by atoms with van der Waals surface area (Å²) in [6.07, 6.45) is 1.90. The minimum Gasteiger partial charge on any atom is -0.482 e. The highest BCUT2D eigenvalue weighted by atomic mass is 16.6. The minimum atomic E-state index is -0.425. The predicted molar refractivity (Wildman–Crippen MR) is 120 cm³/mol. The Hall–Kier alpha value is -3.86. The van der Waals surface area contributed by atoms with E-state index in [0.29, 0.717) is 5.75 Å². The highest BCUT2D eigenvalue weighted by Crippen LogP contribution is 2.24. The van der Waals surface area contributed by atoms with Crippen LogP contribution in [-0.4, -0.2) is 22.4 Å². The summed E-state index contributed by atoms with van der Waals surface area (Å²) in [5, 5.41) is 4.74. The normalized spacial score (nSPS) is 10.6. The van der Waals surface area contributed by atoms with E-state index in [-0.39, 0.29) is 13.2 Å². The van der Waals surface area contributed by atoms with Crippen LogP contribution in [0.25, 0.3) is 16.9 Å². The van der Waals surface area contributed by atoms with Crippen molar-refractivity contribution in [1.29, 1.82) is 0 Å². The van der Waals surface area contributed by atoms with Crippen molar-refractivity contribution < 1.29 is 14.3 Å². The van der Waals surface area contributed by atoms with Gasteiger partial charge in [-0.1, -0.05) is 54.6 Å². The topological polar surface area (TPSA) is 53.4 Å². The second-order valence-corrected chi connectivity index (χ2v) is 7.42. The number of aryl methyl sites for hydroxylation is 2. The van der Waals surface area contributed by atoms with E-state index in [4.69, 9.17) is 14.6 Å². The van der Waals surface area contributed by atoms with Gasteiger partial charge in [-0.2, -0.15) is 5.10 Å². The van der Waals surface area contributed by atoms with Gasteiger partial charge in [-0.05, 0) is 49.2 Å². The molecule has 4 aromatic rings. The lowest BCUT2D eigenvalue weighted by Crippen LogP contribution is -2.15. The van der Waals surface area contributed by atoms with Crippen LogP contribution in [0.4, 0.5) is 0 Å². The van der Waals surface area contributed by atoms with Crippen molar-refractivity contribution >= 4 is 5.97 Å². The molecule has 0 aliphatic carbocycles. The monoisotopic (exact) mass is 412 g/mol. The Morgan fingerprint density at radius 1 is 0.903 bits per heavy atom. The maximum Gasteiger partial charge on any atom is 0.344 e. The number of nitrogens with zero attached hydrogens (tertiary/aromatic N) is 2. The molecule has 0 N–H and O–H groups in total. The quantitative estimate of drug-likeness (QED) is 0.388. The molecule has 0 aliphatic heterocycles. The Bertz CT molecular complexity index is 1150. The van der Waals surface area contributed by atoms with Gasteiger partial charge >= 0.3 is 5.97 Å². The average Bonchev–Trinajstić information content (AvgIpc) is 3.21. The molecule has 4 rings (SSSR count). The number of aromatic nitrogens is 2. The summed E-state index contributed by atoms with van der Waals surface area (Å²) >= 11 is 0. The van der Waals surface area contributed by atoms with E-state index in [9.17, 15) is 4.79 Å². The van der Waals surface area contributed by atoms with Gasteiger partial charge in [0.25, 0.3) is 0 Å². The number of benzene rings is 3. The van der Waals surface area contributed by atoms with Crippen molar-refractivity contribution in [3.05, 3.63) is 102 Å². The molecule has 0 radical (unpaired) electrons. The molecule has 0 amide bonds. The number of esters is 1. The third kappa shape index (κ3) is 5.20. The summed E-state index contributed by atoms with van der Waals surface area (Å²) in [5.74, 6) is 0.238. The molecule has 3 aromatic carbocycles. The maximum atomic E-state index is 12.3. The zero-order valence-corrected chi connectivity index (χ0v) is 17.6. The van der Waals surface area contributed by atoms with Crippen molar-refractivity contribution in [1.82, 2.24) is 9.78 Å². The second kappa shape index (κ2) is 9.30. The molecular formula is C26H24N2O3. The number of rotatable bonds is 7. The molecule has 5 heteroatoms. The van der Waals surface area contributed by atoms with Crippen LogP contribution in [0, 0.1) is 13.8 Å². The van der Waals surface area contributed by atoms with Crippen molar-refractivity contribution in [2.24, 2.45) is 0 Å². The fourth-order valence-corrected chi connectivity index (χ4v) is 3.43. The first-order chi connectivity index (χ1) is 15.1. The molecule has 31 heavy (non-hydrogen) atoms. The highest BCUT2D eigenvalue weighted by Gasteiger charge is 2.14. The Kier molecular flexibility index (Phi) is 6.13. The van der Waals surface area contributed by atoms with Crippen LogP contribution in [0.1, 0.15) is 16.7 Å². The molecule has 5 nitrogen and oxygen atoms in total. The van der Waals surface area contributed by atoms with E-state index in [0.717, 1.165) is 33.6 Å². The average molecular weight is 412 g/mol. The smallest absolute Gasteiger partial charge is 0.344 e. The van der Waals surface area contributed by atoms with Gasteiger partial charge in [-0.3, -0.25) is 0 Å². The Labute approximate surface area is 181 Å². The van der Waals surface area contributed by atoms with E-state index in [1.807, 2.05) is 92.8 Å².